The maximum atomic E-state index is 4.23. The van der Waals surface area contributed by atoms with Crippen molar-refractivity contribution in [1.29, 1.82) is 0 Å². The van der Waals surface area contributed by atoms with E-state index in [2.05, 4.69) is 24.9 Å². The van der Waals surface area contributed by atoms with E-state index in [-0.39, 0.29) is 0 Å². The second kappa shape index (κ2) is 3.35. The van der Waals surface area contributed by atoms with Gasteiger partial charge in [0, 0.05) is 11.9 Å². The first kappa shape index (κ1) is 7.26. The van der Waals surface area contributed by atoms with Gasteiger partial charge in [0.05, 0.1) is 0 Å². The van der Waals surface area contributed by atoms with Crippen LogP contribution in [0.5, 0.6) is 0 Å². The average molecular weight is 135 g/mol. The van der Waals surface area contributed by atoms with Crippen LogP contribution >= 0.6 is 0 Å². The van der Waals surface area contributed by atoms with Gasteiger partial charge in [0.15, 0.2) is 0 Å². The van der Waals surface area contributed by atoms with E-state index < -0.39 is 0 Å². The summed E-state index contributed by atoms with van der Waals surface area (Å²) < 4.78 is 0. The van der Waals surface area contributed by atoms with Crippen LogP contribution in [0.3, 0.4) is 0 Å². The molecule has 1 rings (SSSR count). The van der Waals surface area contributed by atoms with E-state index in [1.165, 1.54) is 11.3 Å². The van der Waals surface area contributed by atoms with Crippen molar-refractivity contribution >= 4 is 5.71 Å². The van der Waals surface area contributed by atoms with Gasteiger partial charge in [0.1, 0.15) is 0 Å². The molecule has 0 atom stereocenters. The molecule has 54 valence electrons. The molecule has 0 bridgehead atoms. The largest absolute Gasteiger partial charge is 0.266 e. The maximum Gasteiger partial charge on any atom is 0.0269 e. The summed E-state index contributed by atoms with van der Waals surface area (Å²) in [7, 11) is 0. The summed E-state index contributed by atoms with van der Waals surface area (Å²) in [6, 6.07) is 0. The molecule has 1 heteroatoms. The fraction of sp³-hybridized carbons (Fsp3) is 0.444. The van der Waals surface area contributed by atoms with E-state index in [1.807, 2.05) is 12.3 Å². The third-order valence-corrected chi connectivity index (χ3v) is 1.60. The molecular formula is C9H13N. The Morgan fingerprint density at radius 1 is 1.40 bits per heavy atom. The second-order valence-electron chi connectivity index (χ2n) is 2.67. The van der Waals surface area contributed by atoms with Gasteiger partial charge in [0.2, 0.25) is 0 Å². The van der Waals surface area contributed by atoms with Crippen molar-refractivity contribution in [2.24, 2.45) is 4.99 Å². The Morgan fingerprint density at radius 3 is 3.00 bits per heavy atom. The van der Waals surface area contributed by atoms with E-state index in [4.69, 9.17) is 0 Å². The summed E-state index contributed by atoms with van der Waals surface area (Å²) in [5.41, 5.74) is 2.54. The Morgan fingerprint density at radius 2 is 2.20 bits per heavy atom. The summed E-state index contributed by atoms with van der Waals surface area (Å²) in [6.45, 7) is 4.17. The number of hydrogen-bond donors (Lipinski definition) is 0. The van der Waals surface area contributed by atoms with Crippen molar-refractivity contribution < 1.29 is 0 Å². The highest BCUT2D eigenvalue weighted by molar-refractivity contribution is 5.82. The molecule has 0 aromatic carbocycles. The molecule has 0 saturated heterocycles. The first-order chi connectivity index (χ1) is 4.79. The van der Waals surface area contributed by atoms with E-state index in [1.54, 1.807) is 0 Å². The van der Waals surface area contributed by atoms with Gasteiger partial charge < -0.3 is 0 Å². The van der Waals surface area contributed by atoms with Gasteiger partial charge in [0.25, 0.3) is 0 Å². The molecule has 0 amide bonds. The quantitative estimate of drug-likeness (QED) is 0.484. The summed E-state index contributed by atoms with van der Waals surface area (Å²) in [5.74, 6) is 0. The third kappa shape index (κ3) is 2.18. The predicted molar refractivity (Wildman–Crippen MR) is 45.2 cm³/mol. The average Bonchev–Trinajstić information content (AvgIpc) is 1.84. The lowest BCUT2D eigenvalue weighted by Crippen LogP contribution is -1.90. The van der Waals surface area contributed by atoms with Gasteiger partial charge in [-0.25, -0.2) is 0 Å². The van der Waals surface area contributed by atoms with Crippen LogP contribution in [0.25, 0.3) is 0 Å². The van der Waals surface area contributed by atoms with Crippen LogP contribution in [0.15, 0.2) is 28.9 Å². The summed E-state index contributed by atoms with van der Waals surface area (Å²) >= 11 is 0. The van der Waals surface area contributed by atoms with Crippen LogP contribution in [0.2, 0.25) is 0 Å². The van der Waals surface area contributed by atoms with Crippen LogP contribution in [-0.4, -0.2) is 5.71 Å². The first-order valence-electron chi connectivity index (χ1n) is 3.65. The number of nitrogens with zero attached hydrogens (tertiary/aromatic N) is 1. The smallest absolute Gasteiger partial charge is 0.0269 e. The van der Waals surface area contributed by atoms with E-state index in [0.29, 0.717) is 0 Å². The molecule has 0 saturated carbocycles. The molecule has 0 aromatic rings. The molecule has 1 nitrogen and oxygen atoms in total. The topological polar surface area (TPSA) is 12.4 Å². The lowest BCUT2D eigenvalue weighted by molar-refractivity contribution is 1.06. The molecule has 0 unspecified atom stereocenters. The minimum Gasteiger partial charge on any atom is -0.266 e. The molecule has 0 radical (unpaired) electrons. The number of allylic oxidation sites excluding steroid dienone is 3. The van der Waals surface area contributed by atoms with Gasteiger partial charge in [-0.2, -0.15) is 0 Å². The van der Waals surface area contributed by atoms with Crippen molar-refractivity contribution in [1.82, 2.24) is 0 Å². The summed E-state index contributed by atoms with van der Waals surface area (Å²) in [6.07, 6.45) is 8.39. The van der Waals surface area contributed by atoms with Crippen molar-refractivity contribution in [2.75, 3.05) is 0 Å². The Kier molecular flexibility index (Phi) is 2.43. The van der Waals surface area contributed by atoms with Crippen molar-refractivity contribution in [3.63, 3.8) is 0 Å². The van der Waals surface area contributed by atoms with Gasteiger partial charge in [-0.1, -0.05) is 11.6 Å². The minimum absolute atomic E-state index is 1.10. The van der Waals surface area contributed by atoms with E-state index in [9.17, 15) is 0 Å². The monoisotopic (exact) mass is 135 g/mol. The fourth-order valence-corrected chi connectivity index (χ4v) is 0.923. The Labute approximate surface area is 62.2 Å². The van der Waals surface area contributed by atoms with Crippen LogP contribution in [0.4, 0.5) is 0 Å². The Bertz CT molecular complexity index is 197. The Balaban J connectivity index is 2.70. The number of aliphatic imine (C=N–C) groups is 1. The number of hydrogen-bond acceptors (Lipinski definition) is 1. The standard InChI is InChI=1S/C9H13N/c1-8-4-3-5-9(2)10-7-6-8/h4,6-7H,3,5H2,1-2H3. The van der Waals surface area contributed by atoms with E-state index in [0.717, 1.165) is 12.8 Å². The lowest BCUT2D eigenvalue weighted by Gasteiger charge is -1.99. The minimum atomic E-state index is 1.10. The zero-order chi connectivity index (χ0) is 7.40. The zero-order valence-electron chi connectivity index (χ0n) is 6.59. The lowest BCUT2D eigenvalue weighted by atomic mass is 10.1. The van der Waals surface area contributed by atoms with Crippen molar-refractivity contribution in [2.45, 2.75) is 26.7 Å². The highest BCUT2D eigenvalue weighted by Gasteiger charge is 1.91. The second-order valence-corrected chi connectivity index (χ2v) is 2.67. The number of rotatable bonds is 0. The molecule has 1 heterocycles. The molecular weight excluding hydrogens is 122 g/mol. The predicted octanol–water partition coefficient (Wildman–Crippen LogP) is 2.70. The van der Waals surface area contributed by atoms with Crippen LogP contribution in [0, 0.1) is 0 Å². The molecule has 0 spiro atoms. The van der Waals surface area contributed by atoms with Crippen LogP contribution in [-0.2, 0) is 0 Å². The zero-order valence-corrected chi connectivity index (χ0v) is 6.59. The van der Waals surface area contributed by atoms with Gasteiger partial charge in [-0.3, -0.25) is 4.99 Å². The van der Waals surface area contributed by atoms with Gasteiger partial charge in [-0.05, 0) is 32.8 Å². The molecule has 1 aliphatic heterocycles. The van der Waals surface area contributed by atoms with Crippen molar-refractivity contribution in [3.8, 4) is 0 Å². The Hall–Kier alpha value is -0.850. The summed E-state index contributed by atoms with van der Waals surface area (Å²) in [4.78, 5) is 4.23. The van der Waals surface area contributed by atoms with Gasteiger partial charge in [-0.15, -0.1) is 0 Å². The van der Waals surface area contributed by atoms with Gasteiger partial charge >= 0.3 is 0 Å². The van der Waals surface area contributed by atoms with E-state index >= 15 is 0 Å². The molecule has 1 aliphatic rings. The first-order valence-corrected chi connectivity index (χ1v) is 3.65. The third-order valence-electron chi connectivity index (χ3n) is 1.60. The highest BCUT2D eigenvalue weighted by atomic mass is 14.7. The SMILES string of the molecule is CC1=CCCC(C)=NC=C1. The molecule has 0 N–H and O–H groups in total. The van der Waals surface area contributed by atoms with Crippen LogP contribution in [0.1, 0.15) is 26.7 Å². The molecule has 10 heavy (non-hydrogen) atoms. The fourth-order valence-electron chi connectivity index (χ4n) is 0.923. The maximum absolute atomic E-state index is 4.23. The molecule has 0 fully saturated rings. The van der Waals surface area contributed by atoms with Crippen molar-refractivity contribution in [3.05, 3.63) is 23.9 Å². The highest BCUT2D eigenvalue weighted by Crippen LogP contribution is 2.05. The van der Waals surface area contributed by atoms with Crippen LogP contribution < -0.4 is 0 Å². The normalized spacial score (nSPS) is 19.0. The molecule has 0 aliphatic carbocycles. The summed E-state index contributed by atoms with van der Waals surface area (Å²) in [5, 5.41) is 0. The molecule has 0 aromatic heterocycles.